The summed E-state index contributed by atoms with van der Waals surface area (Å²) >= 11 is 0. The molecule has 1 aromatic carbocycles. The molecule has 1 aromatic heterocycles. The van der Waals surface area contributed by atoms with Crippen LogP contribution >= 0.6 is 0 Å². The lowest BCUT2D eigenvalue weighted by atomic mass is 10.1. The minimum atomic E-state index is -0.290. The number of benzene rings is 1. The number of aryl methyl sites for hydroxylation is 1. The van der Waals surface area contributed by atoms with Gasteiger partial charge in [-0.1, -0.05) is 12.1 Å². The molecule has 4 rings (SSSR count). The third kappa shape index (κ3) is 3.61. The number of likely N-dealkylation sites (tertiary alicyclic amines) is 1. The molecule has 0 spiro atoms. The number of hydrogen-bond acceptors (Lipinski definition) is 6. The fourth-order valence-corrected chi connectivity index (χ4v) is 3.63. The first-order valence-electron chi connectivity index (χ1n) is 9.15. The second-order valence-electron chi connectivity index (χ2n) is 6.95. The Kier molecular flexibility index (Phi) is 4.94. The predicted molar refractivity (Wildman–Crippen MR) is 94.3 cm³/mol. The van der Waals surface area contributed by atoms with Crippen molar-refractivity contribution in [2.75, 3.05) is 32.8 Å². The Labute approximate surface area is 152 Å². The molecule has 0 bridgehead atoms. The van der Waals surface area contributed by atoms with Crippen LogP contribution < -0.4 is 0 Å². The summed E-state index contributed by atoms with van der Waals surface area (Å²) < 4.78 is 7.34. The summed E-state index contributed by atoms with van der Waals surface area (Å²) in [6.07, 6.45) is 2.29. The van der Waals surface area contributed by atoms with E-state index in [1.165, 1.54) is 31.5 Å². The van der Waals surface area contributed by atoms with Gasteiger partial charge in [0, 0.05) is 25.7 Å². The van der Waals surface area contributed by atoms with Gasteiger partial charge in [-0.05, 0) is 54.1 Å². The van der Waals surface area contributed by atoms with E-state index in [-0.39, 0.29) is 12.0 Å². The number of rotatable bonds is 4. The molecule has 8 nitrogen and oxygen atoms in total. The Bertz CT molecular complexity index is 753. The van der Waals surface area contributed by atoms with Gasteiger partial charge in [-0.15, -0.1) is 5.10 Å². The van der Waals surface area contributed by atoms with Crippen molar-refractivity contribution in [2.24, 2.45) is 7.05 Å². The van der Waals surface area contributed by atoms with Gasteiger partial charge in [-0.3, -0.25) is 9.69 Å². The molecule has 3 heterocycles. The Morgan fingerprint density at radius 3 is 2.65 bits per heavy atom. The molecule has 0 aliphatic carbocycles. The van der Waals surface area contributed by atoms with E-state index in [9.17, 15) is 4.79 Å². The van der Waals surface area contributed by atoms with Crippen LogP contribution in [0.4, 0.5) is 0 Å². The van der Waals surface area contributed by atoms with Crippen LogP contribution in [-0.2, 0) is 18.3 Å². The van der Waals surface area contributed by atoms with Crippen molar-refractivity contribution in [3.63, 3.8) is 0 Å². The standard InChI is InChI=1S/C18H24N6O2/c1-22-17(19-20-21-22)16-13-24(10-11-26-16)18(25)15-6-4-14(5-7-15)12-23-8-2-3-9-23/h4-7,16H,2-3,8-13H2,1H3. The highest BCUT2D eigenvalue weighted by molar-refractivity contribution is 5.94. The number of morpholine rings is 1. The number of hydrogen-bond donors (Lipinski definition) is 0. The van der Waals surface area contributed by atoms with Crippen LogP contribution in [0.2, 0.25) is 0 Å². The van der Waals surface area contributed by atoms with Crippen molar-refractivity contribution < 1.29 is 9.53 Å². The third-order valence-electron chi connectivity index (χ3n) is 5.10. The van der Waals surface area contributed by atoms with Gasteiger partial charge in [0.1, 0.15) is 6.10 Å². The van der Waals surface area contributed by atoms with Gasteiger partial charge in [-0.2, -0.15) is 0 Å². The molecule has 8 heteroatoms. The largest absolute Gasteiger partial charge is 0.366 e. The second kappa shape index (κ2) is 7.51. The lowest BCUT2D eigenvalue weighted by Gasteiger charge is -2.32. The minimum absolute atomic E-state index is 0.0288. The molecule has 1 unspecified atom stereocenters. The summed E-state index contributed by atoms with van der Waals surface area (Å²) in [5.74, 6) is 0.671. The van der Waals surface area contributed by atoms with E-state index < -0.39 is 0 Å². The number of carbonyl (C=O) groups excluding carboxylic acids is 1. The Balaban J connectivity index is 1.40. The van der Waals surface area contributed by atoms with E-state index in [0.29, 0.717) is 31.1 Å². The molecule has 2 aromatic rings. The maximum atomic E-state index is 12.9. The zero-order valence-corrected chi connectivity index (χ0v) is 15.0. The topological polar surface area (TPSA) is 76.4 Å². The van der Waals surface area contributed by atoms with Gasteiger partial charge in [0.05, 0.1) is 13.2 Å². The van der Waals surface area contributed by atoms with Crippen molar-refractivity contribution in [1.82, 2.24) is 30.0 Å². The van der Waals surface area contributed by atoms with Crippen LogP contribution in [0.5, 0.6) is 0 Å². The number of amides is 1. The zero-order valence-electron chi connectivity index (χ0n) is 15.0. The molecule has 2 saturated heterocycles. The van der Waals surface area contributed by atoms with E-state index in [0.717, 1.165) is 6.54 Å². The quantitative estimate of drug-likeness (QED) is 0.814. The van der Waals surface area contributed by atoms with Crippen LogP contribution in [0.1, 0.15) is 40.7 Å². The van der Waals surface area contributed by atoms with Crippen LogP contribution in [0.25, 0.3) is 0 Å². The Hall–Kier alpha value is -2.32. The van der Waals surface area contributed by atoms with Gasteiger partial charge < -0.3 is 9.64 Å². The number of nitrogens with zero attached hydrogens (tertiary/aromatic N) is 6. The van der Waals surface area contributed by atoms with Crippen molar-refractivity contribution in [3.8, 4) is 0 Å². The lowest BCUT2D eigenvalue weighted by molar-refractivity contribution is -0.0284. The molecule has 26 heavy (non-hydrogen) atoms. The number of aromatic nitrogens is 4. The summed E-state index contributed by atoms with van der Waals surface area (Å²) in [6.45, 7) is 4.84. The van der Waals surface area contributed by atoms with Crippen LogP contribution in [-0.4, -0.2) is 68.7 Å². The molecule has 138 valence electrons. The summed E-state index contributed by atoms with van der Waals surface area (Å²) in [5.41, 5.74) is 1.97. The van der Waals surface area contributed by atoms with Gasteiger partial charge in [0.15, 0.2) is 5.82 Å². The van der Waals surface area contributed by atoms with Gasteiger partial charge in [0.25, 0.3) is 5.91 Å². The zero-order chi connectivity index (χ0) is 17.9. The molecule has 1 amide bonds. The van der Waals surface area contributed by atoms with E-state index >= 15 is 0 Å². The van der Waals surface area contributed by atoms with Crippen molar-refractivity contribution in [1.29, 1.82) is 0 Å². The van der Waals surface area contributed by atoms with Crippen molar-refractivity contribution in [3.05, 3.63) is 41.2 Å². The average molecular weight is 356 g/mol. The molecule has 2 fully saturated rings. The normalized spacial score (nSPS) is 21.3. The molecular weight excluding hydrogens is 332 g/mol. The summed E-state index contributed by atoms with van der Waals surface area (Å²) in [6, 6.07) is 8.00. The molecular formula is C18H24N6O2. The lowest BCUT2D eigenvalue weighted by Crippen LogP contribution is -2.42. The first-order chi connectivity index (χ1) is 12.7. The van der Waals surface area contributed by atoms with Gasteiger partial charge in [0.2, 0.25) is 0 Å². The summed E-state index contributed by atoms with van der Waals surface area (Å²) in [5, 5.41) is 11.5. The first kappa shape index (κ1) is 17.1. The highest BCUT2D eigenvalue weighted by Gasteiger charge is 2.29. The van der Waals surface area contributed by atoms with Crippen LogP contribution in [0, 0.1) is 0 Å². The fourth-order valence-electron chi connectivity index (χ4n) is 3.63. The Morgan fingerprint density at radius 2 is 1.96 bits per heavy atom. The van der Waals surface area contributed by atoms with Gasteiger partial charge in [-0.25, -0.2) is 4.68 Å². The summed E-state index contributed by atoms with van der Waals surface area (Å²) in [4.78, 5) is 17.1. The maximum absolute atomic E-state index is 12.9. The highest BCUT2D eigenvalue weighted by Crippen LogP contribution is 2.21. The average Bonchev–Trinajstić information content (AvgIpc) is 3.33. The fraction of sp³-hybridized carbons (Fsp3) is 0.556. The van der Waals surface area contributed by atoms with E-state index in [2.05, 4.69) is 32.6 Å². The van der Waals surface area contributed by atoms with E-state index in [1.807, 2.05) is 17.0 Å². The molecule has 2 aliphatic heterocycles. The Morgan fingerprint density at radius 1 is 1.19 bits per heavy atom. The molecule has 0 radical (unpaired) electrons. The van der Waals surface area contributed by atoms with Crippen molar-refractivity contribution in [2.45, 2.75) is 25.5 Å². The molecule has 0 N–H and O–H groups in total. The third-order valence-corrected chi connectivity index (χ3v) is 5.10. The smallest absolute Gasteiger partial charge is 0.254 e. The monoisotopic (exact) mass is 356 g/mol. The highest BCUT2D eigenvalue weighted by atomic mass is 16.5. The van der Waals surface area contributed by atoms with Crippen LogP contribution in [0.3, 0.4) is 0 Å². The molecule has 2 aliphatic rings. The SMILES string of the molecule is Cn1nnnc1C1CN(C(=O)c2ccc(CN3CCCC3)cc2)CCO1. The minimum Gasteiger partial charge on any atom is -0.366 e. The first-order valence-corrected chi connectivity index (χ1v) is 9.15. The van der Waals surface area contributed by atoms with Gasteiger partial charge >= 0.3 is 0 Å². The second-order valence-corrected chi connectivity index (χ2v) is 6.95. The maximum Gasteiger partial charge on any atom is 0.254 e. The van der Waals surface area contributed by atoms with Crippen molar-refractivity contribution >= 4 is 5.91 Å². The number of carbonyl (C=O) groups is 1. The van der Waals surface area contributed by atoms with E-state index in [1.54, 1.807) is 11.7 Å². The molecule has 1 atom stereocenters. The summed E-state index contributed by atoms with van der Waals surface area (Å²) in [7, 11) is 1.78. The number of ether oxygens (including phenoxy) is 1. The number of tetrazole rings is 1. The predicted octanol–water partition coefficient (Wildman–Crippen LogP) is 1.02. The molecule has 0 saturated carbocycles. The van der Waals surface area contributed by atoms with Crippen LogP contribution in [0.15, 0.2) is 24.3 Å². The van der Waals surface area contributed by atoms with E-state index in [4.69, 9.17) is 4.74 Å².